The lowest BCUT2D eigenvalue weighted by Crippen LogP contribution is -2.10. The first-order chi connectivity index (χ1) is 30.7. The molecule has 1 aromatic heterocycles. The van der Waals surface area contributed by atoms with E-state index in [0.717, 1.165) is 28.3 Å². The predicted molar refractivity (Wildman–Crippen MR) is 264 cm³/mol. The highest BCUT2D eigenvalue weighted by Gasteiger charge is 2.18. The summed E-state index contributed by atoms with van der Waals surface area (Å²) in [5.41, 5.74) is 14.0. The standard InChI is InChI=1S/C60H40N2/c1-2-13-41(14-3-1)45-16-12-17-50(40-45)61(48-32-25-42(26-33-48)46-30-36-52-47(39-46)31-38-54-51-18-5-4-15-43(51)29-37-55(52)54)49-34-27-44(28-35-49)53-19-6-9-22-58(53)62-59-23-10-7-20-56(59)57-21-8-11-24-60(57)62/h1-40H. The zero-order valence-corrected chi connectivity index (χ0v) is 34.0. The SMILES string of the molecule is c1ccc(-c2cccc(N(c3ccc(-c4ccc5c(ccc6c7ccccc7ccc56)c4)cc3)c3ccc(-c4ccccc4-n4c5ccccc5c5ccccc54)cc3)c2)cc1. The van der Waals surface area contributed by atoms with E-state index in [1.54, 1.807) is 0 Å². The number of benzene rings is 11. The number of hydrogen-bond donors (Lipinski definition) is 0. The third-order valence-corrected chi connectivity index (χ3v) is 12.6. The van der Waals surface area contributed by atoms with Gasteiger partial charge in [-0.2, -0.15) is 0 Å². The molecule has 0 radical (unpaired) electrons. The van der Waals surface area contributed by atoms with Crippen LogP contribution in [0.3, 0.4) is 0 Å². The van der Waals surface area contributed by atoms with E-state index in [4.69, 9.17) is 0 Å². The minimum absolute atomic E-state index is 1.09. The van der Waals surface area contributed by atoms with Crippen LogP contribution in [0.2, 0.25) is 0 Å². The number of hydrogen-bond acceptors (Lipinski definition) is 1. The Morgan fingerprint density at radius 3 is 1.48 bits per heavy atom. The molecule has 0 fully saturated rings. The van der Waals surface area contributed by atoms with Gasteiger partial charge in [-0.15, -0.1) is 0 Å². The molecule has 2 nitrogen and oxygen atoms in total. The average Bonchev–Trinajstić information content (AvgIpc) is 3.69. The summed E-state index contributed by atoms with van der Waals surface area (Å²) < 4.78 is 2.41. The third-order valence-electron chi connectivity index (χ3n) is 12.6. The molecule has 0 amide bonds. The molecule has 0 spiro atoms. The molecule has 62 heavy (non-hydrogen) atoms. The van der Waals surface area contributed by atoms with Crippen LogP contribution in [0.1, 0.15) is 0 Å². The second kappa shape index (κ2) is 14.8. The summed E-state index contributed by atoms with van der Waals surface area (Å²) >= 11 is 0. The Kier molecular flexibility index (Phi) is 8.53. The van der Waals surface area contributed by atoms with Gasteiger partial charge in [0.05, 0.1) is 16.7 Å². The Hall–Kier alpha value is -8.20. The predicted octanol–water partition coefficient (Wildman–Crippen LogP) is 16.7. The Morgan fingerprint density at radius 2 is 0.758 bits per heavy atom. The van der Waals surface area contributed by atoms with Crippen molar-refractivity contribution in [2.24, 2.45) is 0 Å². The number of aromatic nitrogens is 1. The van der Waals surface area contributed by atoms with Crippen LogP contribution in [0.25, 0.3) is 93.2 Å². The van der Waals surface area contributed by atoms with Crippen LogP contribution in [-0.2, 0) is 0 Å². The van der Waals surface area contributed by atoms with Gasteiger partial charge in [-0.05, 0) is 121 Å². The molecule has 0 saturated carbocycles. The molecule has 1 heterocycles. The normalized spacial score (nSPS) is 11.5. The van der Waals surface area contributed by atoms with Crippen LogP contribution < -0.4 is 4.90 Å². The quantitative estimate of drug-likeness (QED) is 0.146. The van der Waals surface area contributed by atoms with E-state index >= 15 is 0 Å². The summed E-state index contributed by atoms with van der Waals surface area (Å²) in [6, 6.07) is 88.4. The number of rotatable bonds is 7. The zero-order chi connectivity index (χ0) is 41.0. The fourth-order valence-electron chi connectivity index (χ4n) is 9.60. The lowest BCUT2D eigenvalue weighted by atomic mass is 9.95. The number of nitrogens with zero attached hydrogens (tertiary/aromatic N) is 2. The molecule has 0 bridgehead atoms. The van der Waals surface area contributed by atoms with Crippen molar-refractivity contribution in [1.29, 1.82) is 0 Å². The molecule has 2 heteroatoms. The summed E-state index contributed by atoms with van der Waals surface area (Å²) in [5, 5.41) is 10.2. The van der Waals surface area contributed by atoms with Crippen molar-refractivity contribution in [2.45, 2.75) is 0 Å². The van der Waals surface area contributed by atoms with Gasteiger partial charge < -0.3 is 9.47 Å². The first kappa shape index (κ1) is 35.7. The van der Waals surface area contributed by atoms with Crippen LogP contribution in [0.5, 0.6) is 0 Å². The van der Waals surface area contributed by atoms with Gasteiger partial charge in [0.15, 0.2) is 0 Å². The molecular formula is C60H40N2. The van der Waals surface area contributed by atoms with Crippen molar-refractivity contribution < 1.29 is 0 Å². The Labute approximate surface area is 360 Å². The van der Waals surface area contributed by atoms with E-state index in [1.165, 1.54) is 81.9 Å². The molecule has 12 aromatic rings. The average molecular weight is 789 g/mol. The van der Waals surface area contributed by atoms with Crippen LogP contribution in [0, 0.1) is 0 Å². The van der Waals surface area contributed by atoms with Crippen molar-refractivity contribution in [2.75, 3.05) is 4.90 Å². The zero-order valence-electron chi connectivity index (χ0n) is 34.0. The van der Waals surface area contributed by atoms with Crippen LogP contribution in [-0.4, -0.2) is 4.57 Å². The van der Waals surface area contributed by atoms with Crippen molar-refractivity contribution in [3.8, 4) is 39.1 Å². The summed E-state index contributed by atoms with van der Waals surface area (Å²) in [7, 11) is 0. The molecule has 11 aromatic carbocycles. The van der Waals surface area contributed by atoms with Crippen LogP contribution in [0.15, 0.2) is 243 Å². The minimum atomic E-state index is 1.09. The van der Waals surface area contributed by atoms with Gasteiger partial charge in [-0.1, -0.05) is 182 Å². The molecule has 0 unspecified atom stereocenters. The summed E-state index contributed by atoms with van der Waals surface area (Å²) in [6.45, 7) is 0. The van der Waals surface area contributed by atoms with Gasteiger partial charge in [-0.25, -0.2) is 0 Å². The van der Waals surface area contributed by atoms with Crippen LogP contribution in [0.4, 0.5) is 17.1 Å². The minimum Gasteiger partial charge on any atom is -0.310 e. The van der Waals surface area contributed by atoms with Crippen molar-refractivity contribution >= 4 is 71.2 Å². The molecular weight excluding hydrogens is 749 g/mol. The molecule has 290 valence electrons. The maximum Gasteiger partial charge on any atom is 0.0541 e. The van der Waals surface area contributed by atoms with Gasteiger partial charge in [0.25, 0.3) is 0 Å². The molecule has 0 aliphatic carbocycles. The maximum absolute atomic E-state index is 2.41. The van der Waals surface area contributed by atoms with E-state index in [0.29, 0.717) is 0 Å². The van der Waals surface area contributed by atoms with E-state index in [9.17, 15) is 0 Å². The van der Waals surface area contributed by atoms with E-state index < -0.39 is 0 Å². The maximum atomic E-state index is 2.41. The topological polar surface area (TPSA) is 8.17 Å². The fraction of sp³-hybridized carbons (Fsp3) is 0. The summed E-state index contributed by atoms with van der Waals surface area (Å²) in [6.07, 6.45) is 0. The van der Waals surface area contributed by atoms with E-state index in [-0.39, 0.29) is 0 Å². The third kappa shape index (κ3) is 6.04. The molecule has 0 saturated heterocycles. The van der Waals surface area contributed by atoms with Crippen molar-refractivity contribution in [3.63, 3.8) is 0 Å². The van der Waals surface area contributed by atoms with E-state index in [1.807, 2.05) is 0 Å². The first-order valence-electron chi connectivity index (χ1n) is 21.3. The van der Waals surface area contributed by atoms with Gasteiger partial charge >= 0.3 is 0 Å². The van der Waals surface area contributed by atoms with Crippen LogP contribution >= 0.6 is 0 Å². The van der Waals surface area contributed by atoms with Gasteiger partial charge in [0.1, 0.15) is 0 Å². The highest BCUT2D eigenvalue weighted by atomic mass is 15.1. The van der Waals surface area contributed by atoms with Gasteiger partial charge in [0, 0.05) is 33.4 Å². The molecule has 0 N–H and O–H groups in total. The number of anilines is 3. The monoisotopic (exact) mass is 788 g/mol. The smallest absolute Gasteiger partial charge is 0.0541 e. The van der Waals surface area contributed by atoms with E-state index in [2.05, 4.69) is 252 Å². The number of fused-ring (bicyclic) bond motifs is 8. The molecule has 0 atom stereocenters. The Balaban J connectivity index is 0.936. The van der Waals surface area contributed by atoms with Gasteiger partial charge in [0.2, 0.25) is 0 Å². The summed E-state index contributed by atoms with van der Waals surface area (Å²) in [5.74, 6) is 0. The van der Waals surface area contributed by atoms with Gasteiger partial charge in [-0.3, -0.25) is 0 Å². The lowest BCUT2D eigenvalue weighted by Gasteiger charge is -2.26. The van der Waals surface area contributed by atoms with Crippen molar-refractivity contribution in [3.05, 3.63) is 243 Å². The Morgan fingerprint density at radius 1 is 0.258 bits per heavy atom. The number of para-hydroxylation sites is 3. The highest BCUT2D eigenvalue weighted by molar-refractivity contribution is 6.17. The lowest BCUT2D eigenvalue weighted by molar-refractivity contribution is 1.18. The second-order valence-electron chi connectivity index (χ2n) is 16.1. The molecule has 0 aliphatic heterocycles. The summed E-state index contributed by atoms with van der Waals surface area (Å²) in [4.78, 5) is 2.37. The second-order valence-corrected chi connectivity index (χ2v) is 16.1. The highest BCUT2D eigenvalue weighted by Crippen LogP contribution is 2.41. The fourth-order valence-corrected chi connectivity index (χ4v) is 9.60. The Bertz CT molecular complexity index is 3560. The largest absolute Gasteiger partial charge is 0.310 e. The molecule has 0 aliphatic rings. The molecule has 12 rings (SSSR count). The first-order valence-corrected chi connectivity index (χ1v) is 21.3. The van der Waals surface area contributed by atoms with Crippen molar-refractivity contribution in [1.82, 2.24) is 4.57 Å².